The molecule has 0 radical (unpaired) electrons. The molecule has 0 saturated carbocycles. The first-order chi connectivity index (χ1) is 5.41. The maximum atomic E-state index is 8.88. The molecule has 13 heavy (non-hydrogen) atoms. The van der Waals surface area contributed by atoms with Gasteiger partial charge in [0.2, 0.25) is 0 Å². The van der Waals surface area contributed by atoms with Gasteiger partial charge >= 0.3 is 15.6 Å². The van der Waals surface area contributed by atoms with Gasteiger partial charge in [0.15, 0.2) is 0 Å². The van der Waals surface area contributed by atoms with Gasteiger partial charge in [-0.15, -0.1) is 6.58 Å². The first-order valence-corrected chi connectivity index (χ1v) is 5.68. The van der Waals surface area contributed by atoms with Crippen molar-refractivity contribution in [2.75, 3.05) is 0 Å². The number of phosphoric acid groups is 2. The van der Waals surface area contributed by atoms with Crippen molar-refractivity contribution >= 4 is 15.6 Å². The Balaban J connectivity index is -0.000000120. The highest BCUT2D eigenvalue weighted by atomic mass is 31.2. The summed E-state index contributed by atoms with van der Waals surface area (Å²) in [5.41, 5.74) is 0. The molecular weight excluding hydrogens is 226 g/mol. The Labute approximate surface area is 74.7 Å². The van der Waals surface area contributed by atoms with E-state index in [9.17, 15) is 0 Å². The predicted molar refractivity (Wildman–Crippen MR) is 44.4 cm³/mol. The quantitative estimate of drug-likeness (QED) is 0.240. The number of rotatable bonds is 0. The van der Waals surface area contributed by atoms with Crippen LogP contribution in [-0.4, -0.2) is 29.4 Å². The minimum atomic E-state index is -4.64. The molecule has 0 aliphatic rings. The molecule has 0 saturated heterocycles. The smallest absolute Gasteiger partial charge is 0.303 e. The fourth-order valence-electron chi connectivity index (χ4n) is 0. The van der Waals surface area contributed by atoms with Crippen LogP contribution in [0.25, 0.3) is 0 Å². The molecule has 0 aliphatic heterocycles. The van der Waals surface area contributed by atoms with Gasteiger partial charge in [-0.3, -0.25) is 0 Å². The van der Waals surface area contributed by atoms with E-state index in [1.165, 1.54) is 0 Å². The summed E-state index contributed by atoms with van der Waals surface area (Å²) in [6, 6.07) is 0. The lowest BCUT2D eigenvalue weighted by atomic mass is 10.8. The largest absolute Gasteiger partial charge is 0.466 e. The van der Waals surface area contributed by atoms with Gasteiger partial charge in [0.1, 0.15) is 0 Å². The average Bonchev–Trinajstić information content (AvgIpc) is 1.52. The highest BCUT2D eigenvalue weighted by Crippen LogP contribution is 2.26. The molecule has 0 amide bonds. The molecule has 8 nitrogen and oxygen atoms in total. The van der Waals surface area contributed by atoms with Crippen molar-refractivity contribution in [1.29, 1.82) is 0 Å². The Morgan fingerprint density at radius 2 is 0.923 bits per heavy atom. The summed E-state index contributed by atoms with van der Waals surface area (Å²) < 4.78 is 17.8. The van der Waals surface area contributed by atoms with Crippen LogP contribution in [0.1, 0.15) is 6.92 Å². The lowest BCUT2D eigenvalue weighted by Crippen LogP contribution is -1.66. The normalized spacial score (nSPS) is 10.1. The number of allylic oxidation sites excluding steroid dienone is 1. The van der Waals surface area contributed by atoms with E-state index in [2.05, 4.69) is 6.58 Å². The van der Waals surface area contributed by atoms with Crippen LogP contribution in [0.15, 0.2) is 12.7 Å². The second-order valence-corrected chi connectivity index (χ2v) is 3.49. The average molecular weight is 238 g/mol. The summed E-state index contributed by atoms with van der Waals surface area (Å²) in [4.78, 5) is 43.1. The Morgan fingerprint density at radius 3 is 0.923 bits per heavy atom. The van der Waals surface area contributed by atoms with Crippen molar-refractivity contribution in [2.24, 2.45) is 0 Å². The minimum absolute atomic E-state index is 1.75. The van der Waals surface area contributed by atoms with Gasteiger partial charge in [0.05, 0.1) is 0 Å². The van der Waals surface area contributed by atoms with E-state index >= 15 is 0 Å². The van der Waals surface area contributed by atoms with Gasteiger partial charge in [0, 0.05) is 0 Å². The Morgan fingerprint density at radius 1 is 0.923 bits per heavy atom. The van der Waals surface area contributed by atoms with Crippen LogP contribution in [0, 0.1) is 0 Å². The summed E-state index contributed by atoms with van der Waals surface area (Å²) in [5, 5.41) is 0. The van der Waals surface area contributed by atoms with Crippen LogP contribution in [-0.2, 0) is 9.13 Å². The van der Waals surface area contributed by atoms with E-state index in [1.807, 2.05) is 6.92 Å². The first kappa shape index (κ1) is 18.7. The summed E-state index contributed by atoms with van der Waals surface area (Å²) in [6.45, 7) is 5.25. The first-order valence-electron chi connectivity index (χ1n) is 2.55. The number of hydrogen-bond acceptors (Lipinski definition) is 2. The summed E-state index contributed by atoms with van der Waals surface area (Å²) in [6.07, 6.45) is 1.75. The lowest BCUT2D eigenvalue weighted by molar-refractivity contribution is 0.272. The van der Waals surface area contributed by atoms with Crippen LogP contribution < -0.4 is 0 Å². The molecule has 6 N–H and O–H groups in total. The summed E-state index contributed by atoms with van der Waals surface area (Å²) in [5.74, 6) is 0. The molecule has 0 spiro atoms. The topological polar surface area (TPSA) is 156 Å². The Hall–Kier alpha value is -0.0400. The fourth-order valence-corrected chi connectivity index (χ4v) is 0. The van der Waals surface area contributed by atoms with Gasteiger partial charge in [-0.25, -0.2) is 9.13 Å². The maximum Gasteiger partial charge on any atom is 0.466 e. The molecule has 10 heteroatoms. The lowest BCUT2D eigenvalue weighted by Gasteiger charge is -1.82. The van der Waals surface area contributed by atoms with E-state index < -0.39 is 15.6 Å². The monoisotopic (exact) mass is 238 g/mol. The van der Waals surface area contributed by atoms with E-state index in [0.717, 1.165) is 0 Å². The molecule has 0 aliphatic carbocycles. The van der Waals surface area contributed by atoms with E-state index in [-0.39, 0.29) is 0 Å². The zero-order valence-electron chi connectivity index (χ0n) is 6.68. The van der Waals surface area contributed by atoms with Crippen LogP contribution in [0.4, 0.5) is 0 Å². The fraction of sp³-hybridized carbons (Fsp3) is 0.333. The van der Waals surface area contributed by atoms with Crippen LogP contribution in [0.2, 0.25) is 0 Å². The van der Waals surface area contributed by atoms with E-state index in [4.69, 9.17) is 38.5 Å². The minimum Gasteiger partial charge on any atom is -0.303 e. The molecule has 0 heterocycles. The van der Waals surface area contributed by atoms with Crippen molar-refractivity contribution in [1.82, 2.24) is 0 Å². The number of hydrogen-bond donors (Lipinski definition) is 6. The zero-order chi connectivity index (χ0) is 11.7. The van der Waals surface area contributed by atoms with E-state index in [1.54, 1.807) is 6.08 Å². The van der Waals surface area contributed by atoms with Crippen LogP contribution >= 0.6 is 15.6 Å². The van der Waals surface area contributed by atoms with Gasteiger partial charge in [-0.1, -0.05) is 6.08 Å². The molecular formula is C3H12O8P2. The molecule has 0 bridgehead atoms. The molecule has 0 unspecified atom stereocenters. The molecule has 0 aromatic rings. The third-order valence-electron chi connectivity index (χ3n) is 0. The van der Waals surface area contributed by atoms with Crippen LogP contribution in [0.5, 0.6) is 0 Å². The summed E-state index contributed by atoms with van der Waals surface area (Å²) in [7, 11) is -9.28. The molecule has 0 aromatic heterocycles. The standard InChI is InChI=1S/C3H6.2H3O4P/c1-3-2;2*1-5(2,3)4/h3H,1H2,2H3;2*(H3,1,2,3,4). The summed E-state index contributed by atoms with van der Waals surface area (Å²) >= 11 is 0. The third-order valence-corrected chi connectivity index (χ3v) is 0. The SMILES string of the molecule is C=CC.O=P(O)(O)O.O=P(O)(O)O. The van der Waals surface area contributed by atoms with Gasteiger partial charge in [-0.05, 0) is 6.92 Å². The van der Waals surface area contributed by atoms with Crippen molar-refractivity contribution in [3.05, 3.63) is 12.7 Å². The maximum absolute atomic E-state index is 8.88. The molecule has 0 rings (SSSR count). The molecule has 82 valence electrons. The van der Waals surface area contributed by atoms with Gasteiger partial charge < -0.3 is 29.4 Å². The van der Waals surface area contributed by atoms with Gasteiger partial charge in [0.25, 0.3) is 0 Å². The van der Waals surface area contributed by atoms with Crippen LogP contribution in [0.3, 0.4) is 0 Å². The molecule has 0 atom stereocenters. The zero-order valence-corrected chi connectivity index (χ0v) is 8.47. The Kier molecular flexibility index (Phi) is 12.3. The molecule has 0 fully saturated rings. The second-order valence-electron chi connectivity index (χ2n) is 1.43. The molecule has 0 aromatic carbocycles. The highest BCUT2D eigenvalue weighted by molar-refractivity contribution is 7.45. The third kappa shape index (κ3) is 742000. The van der Waals surface area contributed by atoms with Crippen molar-refractivity contribution in [3.63, 3.8) is 0 Å². The highest BCUT2D eigenvalue weighted by Gasteiger charge is 2.00. The Bertz CT molecular complexity index is 163. The second kappa shape index (κ2) is 8.55. The van der Waals surface area contributed by atoms with Crippen molar-refractivity contribution in [3.8, 4) is 0 Å². The van der Waals surface area contributed by atoms with Crippen molar-refractivity contribution < 1.29 is 38.5 Å². The van der Waals surface area contributed by atoms with Gasteiger partial charge in [-0.2, -0.15) is 0 Å². The van der Waals surface area contributed by atoms with Crippen molar-refractivity contribution in [2.45, 2.75) is 6.92 Å². The van der Waals surface area contributed by atoms with E-state index in [0.29, 0.717) is 0 Å². The predicted octanol–water partition coefficient (Wildman–Crippen LogP) is -0.665.